The minimum atomic E-state index is -0.200. The lowest BCUT2D eigenvalue weighted by atomic mass is 10.1. The quantitative estimate of drug-likeness (QED) is 0.667. The number of nitrogens with one attached hydrogen (secondary N) is 1. The van der Waals surface area contributed by atoms with E-state index in [4.69, 9.17) is 14.0 Å². The van der Waals surface area contributed by atoms with Crippen LogP contribution in [0.3, 0.4) is 0 Å². The molecule has 0 aliphatic heterocycles. The molecule has 0 unspecified atom stereocenters. The summed E-state index contributed by atoms with van der Waals surface area (Å²) in [7, 11) is 1.64. The lowest BCUT2D eigenvalue weighted by molar-refractivity contribution is 0.0946. The van der Waals surface area contributed by atoms with E-state index in [1.54, 1.807) is 19.2 Å². The predicted octanol–water partition coefficient (Wildman–Crippen LogP) is 4.12. The highest BCUT2D eigenvalue weighted by atomic mass is 16.5. The first kappa shape index (κ1) is 19.5. The van der Waals surface area contributed by atoms with Crippen molar-refractivity contribution in [1.29, 1.82) is 0 Å². The van der Waals surface area contributed by atoms with E-state index in [0.717, 1.165) is 28.1 Å². The van der Waals surface area contributed by atoms with Crippen LogP contribution in [0.25, 0.3) is 0 Å². The third-order valence-electron chi connectivity index (χ3n) is 4.61. The van der Waals surface area contributed by atoms with Gasteiger partial charge in [-0.05, 0) is 50.1 Å². The Bertz CT molecular complexity index is 959. The molecule has 1 aromatic heterocycles. The van der Waals surface area contributed by atoms with Crippen LogP contribution in [-0.4, -0.2) is 18.2 Å². The summed E-state index contributed by atoms with van der Waals surface area (Å²) in [5, 5.41) is 6.86. The summed E-state index contributed by atoms with van der Waals surface area (Å²) >= 11 is 0. The SMILES string of the molecule is COc1cc(CNC(=O)c2ccccc2OCc2c(C)noc2C)ccc1C. The normalized spacial score (nSPS) is 10.6. The Labute approximate surface area is 164 Å². The molecule has 0 aliphatic rings. The maximum absolute atomic E-state index is 12.7. The van der Waals surface area contributed by atoms with Crippen molar-refractivity contribution in [3.63, 3.8) is 0 Å². The van der Waals surface area contributed by atoms with Gasteiger partial charge in [0.1, 0.15) is 23.9 Å². The minimum absolute atomic E-state index is 0.200. The van der Waals surface area contributed by atoms with Crippen molar-refractivity contribution in [3.8, 4) is 11.5 Å². The summed E-state index contributed by atoms with van der Waals surface area (Å²) < 4.78 is 16.4. The number of amides is 1. The van der Waals surface area contributed by atoms with Crippen LogP contribution >= 0.6 is 0 Å². The van der Waals surface area contributed by atoms with Gasteiger partial charge in [0.05, 0.1) is 23.9 Å². The zero-order valence-electron chi connectivity index (χ0n) is 16.5. The van der Waals surface area contributed by atoms with E-state index < -0.39 is 0 Å². The number of aromatic nitrogens is 1. The number of rotatable bonds is 7. The summed E-state index contributed by atoms with van der Waals surface area (Å²) in [5.41, 5.74) is 4.17. The van der Waals surface area contributed by atoms with E-state index in [2.05, 4.69) is 10.5 Å². The molecule has 0 spiro atoms. The molecule has 28 heavy (non-hydrogen) atoms. The van der Waals surface area contributed by atoms with Gasteiger partial charge < -0.3 is 19.3 Å². The number of carbonyl (C=O) groups is 1. The van der Waals surface area contributed by atoms with Crippen LogP contribution in [0, 0.1) is 20.8 Å². The molecule has 3 rings (SSSR count). The maximum atomic E-state index is 12.7. The zero-order chi connectivity index (χ0) is 20.1. The molecule has 0 bridgehead atoms. The van der Waals surface area contributed by atoms with Crippen LogP contribution in [0.1, 0.15) is 38.5 Å². The molecule has 1 N–H and O–H groups in total. The van der Waals surface area contributed by atoms with Crippen molar-refractivity contribution >= 4 is 5.91 Å². The van der Waals surface area contributed by atoms with Gasteiger partial charge in [-0.2, -0.15) is 0 Å². The summed E-state index contributed by atoms with van der Waals surface area (Å²) in [4.78, 5) is 12.7. The van der Waals surface area contributed by atoms with E-state index in [0.29, 0.717) is 30.2 Å². The Hall–Kier alpha value is -3.28. The second-order valence-corrected chi connectivity index (χ2v) is 6.57. The van der Waals surface area contributed by atoms with Gasteiger partial charge in [-0.1, -0.05) is 29.4 Å². The number of methoxy groups -OCH3 is 1. The Morgan fingerprint density at radius 1 is 1.11 bits per heavy atom. The molecule has 0 aliphatic carbocycles. The average Bonchev–Trinajstić information content (AvgIpc) is 3.03. The fraction of sp³-hybridized carbons (Fsp3) is 0.273. The Kier molecular flexibility index (Phi) is 5.99. The van der Waals surface area contributed by atoms with Gasteiger partial charge >= 0.3 is 0 Å². The number of hydrogen-bond acceptors (Lipinski definition) is 5. The van der Waals surface area contributed by atoms with Gasteiger partial charge in [0.15, 0.2) is 0 Å². The Balaban J connectivity index is 1.69. The van der Waals surface area contributed by atoms with E-state index in [1.807, 2.05) is 51.1 Å². The highest BCUT2D eigenvalue weighted by Gasteiger charge is 2.15. The van der Waals surface area contributed by atoms with Gasteiger partial charge in [0, 0.05) is 6.54 Å². The van der Waals surface area contributed by atoms with Crippen molar-refractivity contribution in [1.82, 2.24) is 10.5 Å². The van der Waals surface area contributed by atoms with Crippen LogP contribution in [0.15, 0.2) is 47.0 Å². The molecule has 0 fully saturated rings. The van der Waals surface area contributed by atoms with Gasteiger partial charge in [-0.25, -0.2) is 0 Å². The van der Waals surface area contributed by atoms with Crippen LogP contribution in [0.4, 0.5) is 0 Å². The molecule has 0 atom stereocenters. The van der Waals surface area contributed by atoms with Gasteiger partial charge in [0.2, 0.25) is 0 Å². The largest absolute Gasteiger partial charge is 0.496 e. The molecule has 3 aromatic rings. The molecule has 2 aromatic carbocycles. The Morgan fingerprint density at radius 3 is 2.61 bits per heavy atom. The second kappa shape index (κ2) is 8.61. The highest BCUT2D eigenvalue weighted by molar-refractivity contribution is 5.96. The number of carbonyl (C=O) groups excluding carboxylic acids is 1. The molecule has 1 amide bonds. The van der Waals surface area contributed by atoms with Crippen molar-refractivity contribution in [2.75, 3.05) is 7.11 Å². The number of aryl methyl sites for hydroxylation is 3. The number of para-hydroxylation sites is 1. The van der Waals surface area contributed by atoms with Gasteiger partial charge in [-0.3, -0.25) is 4.79 Å². The summed E-state index contributed by atoms with van der Waals surface area (Å²) in [6.07, 6.45) is 0. The summed E-state index contributed by atoms with van der Waals surface area (Å²) in [5.74, 6) is 1.83. The van der Waals surface area contributed by atoms with Crippen molar-refractivity contribution in [3.05, 3.63) is 76.2 Å². The fourth-order valence-electron chi connectivity index (χ4n) is 2.89. The van der Waals surface area contributed by atoms with Crippen LogP contribution in [0.5, 0.6) is 11.5 Å². The lowest BCUT2D eigenvalue weighted by Gasteiger charge is -2.12. The molecule has 146 valence electrons. The first-order valence-electron chi connectivity index (χ1n) is 9.05. The average molecular weight is 380 g/mol. The highest BCUT2D eigenvalue weighted by Crippen LogP contribution is 2.22. The minimum Gasteiger partial charge on any atom is -0.496 e. The Morgan fingerprint density at radius 2 is 1.89 bits per heavy atom. The molecule has 1 heterocycles. The second-order valence-electron chi connectivity index (χ2n) is 6.57. The van der Waals surface area contributed by atoms with Crippen LogP contribution in [0.2, 0.25) is 0 Å². The maximum Gasteiger partial charge on any atom is 0.255 e. The van der Waals surface area contributed by atoms with Crippen LogP contribution < -0.4 is 14.8 Å². The third-order valence-corrected chi connectivity index (χ3v) is 4.61. The number of benzene rings is 2. The number of nitrogens with zero attached hydrogens (tertiary/aromatic N) is 1. The van der Waals surface area contributed by atoms with E-state index in [-0.39, 0.29) is 5.91 Å². The lowest BCUT2D eigenvalue weighted by Crippen LogP contribution is -2.23. The van der Waals surface area contributed by atoms with Crippen LogP contribution in [-0.2, 0) is 13.2 Å². The molecular weight excluding hydrogens is 356 g/mol. The topological polar surface area (TPSA) is 73.6 Å². The van der Waals surface area contributed by atoms with Gasteiger partial charge in [-0.15, -0.1) is 0 Å². The molecular formula is C22H24N2O4. The first-order valence-corrected chi connectivity index (χ1v) is 9.05. The molecule has 6 nitrogen and oxygen atoms in total. The smallest absolute Gasteiger partial charge is 0.255 e. The molecule has 0 saturated carbocycles. The summed E-state index contributed by atoms with van der Waals surface area (Å²) in [6.45, 7) is 6.37. The zero-order valence-corrected chi connectivity index (χ0v) is 16.5. The van der Waals surface area contributed by atoms with Crippen molar-refractivity contribution in [2.24, 2.45) is 0 Å². The first-order chi connectivity index (χ1) is 13.5. The van der Waals surface area contributed by atoms with E-state index in [1.165, 1.54) is 0 Å². The van der Waals surface area contributed by atoms with Crippen molar-refractivity contribution in [2.45, 2.75) is 33.9 Å². The standard InChI is InChI=1S/C22H24N2O4/c1-14-9-10-17(11-21(14)26-4)12-23-22(25)18-7-5-6-8-20(18)27-13-19-15(2)24-28-16(19)3/h5-11H,12-13H2,1-4H3,(H,23,25). The predicted molar refractivity (Wildman–Crippen MR) is 106 cm³/mol. The molecule has 6 heteroatoms. The van der Waals surface area contributed by atoms with E-state index >= 15 is 0 Å². The monoisotopic (exact) mass is 380 g/mol. The number of ether oxygens (including phenoxy) is 2. The molecule has 0 radical (unpaired) electrons. The molecule has 0 saturated heterocycles. The van der Waals surface area contributed by atoms with Gasteiger partial charge in [0.25, 0.3) is 5.91 Å². The van der Waals surface area contributed by atoms with E-state index in [9.17, 15) is 4.79 Å². The number of hydrogen-bond donors (Lipinski definition) is 1. The van der Waals surface area contributed by atoms with Crippen molar-refractivity contribution < 1.29 is 18.8 Å². The third kappa shape index (κ3) is 4.34. The fourth-order valence-corrected chi connectivity index (χ4v) is 2.89. The summed E-state index contributed by atoms with van der Waals surface area (Å²) in [6, 6.07) is 13.0.